The molecule has 1 saturated heterocycles. The van der Waals surface area contributed by atoms with Gasteiger partial charge in [0.25, 0.3) is 0 Å². The highest BCUT2D eigenvalue weighted by atomic mass is 33.1. The van der Waals surface area contributed by atoms with Crippen molar-refractivity contribution >= 4 is 21.6 Å². The lowest BCUT2D eigenvalue weighted by atomic mass is 10.2. The Morgan fingerprint density at radius 3 is 2.56 bits per heavy atom. The Kier molecular flexibility index (Phi) is 3.18. The first kappa shape index (κ1) is 7.72. The molecule has 0 aliphatic carbocycles. The van der Waals surface area contributed by atoms with Gasteiger partial charge in [0.2, 0.25) is 0 Å². The summed E-state index contributed by atoms with van der Waals surface area (Å²) in [5.74, 6) is 1.70. The van der Waals surface area contributed by atoms with E-state index in [0.29, 0.717) is 0 Å². The maximum Gasteiger partial charge on any atom is 0.0937 e. The van der Waals surface area contributed by atoms with Gasteiger partial charge in [-0.1, -0.05) is 21.6 Å². The maximum atomic E-state index is 9.21. The molecule has 0 unspecified atom stereocenters. The lowest BCUT2D eigenvalue weighted by molar-refractivity contribution is 0.0149. The van der Waals surface area contributed by atoms with Gasteiger partial charge < -0.3 is 9.84 Å². The van der Waals surface area contributed by atoms with Crippen LogP contribution in [0.25, 0.3) is 0 Å². The van der Waals surface area contributed by atoms with Crippen LogP contribution in [-0.2, 0) is 4.74 Å². The second-order valence-electron chi connectivity index (χ2n) is 1.91. The summed E-state index contributed by atoms with van der Waals surface area (Å²) < 4.78 is 5.02. The summed E-state index contributed by atoms with van der Waals surface area (Å²) in [4.78, 5) is 0. The van der Waals surface area contributed by atoms with E-state index in [4.69, 9.17) is 4.74 Å². The van der Waals surface area contributed by atoms with E-state index in [1.165, 1.54) is 0 Å². The maximum absolute atomic E-state index is 9.21. The van der Waals surface area contributed by atoms with Crippen LogP contribution in [0.3, 0.4) is 0 Å². The second kappa shape index (κ2) is 3.71. The van der Waals surface area contributed by atoms with E-state index in [-0.39, 0.29) is 12.2 Å². The molecule has 0 bridgehead atoms. The molecule has 0 spiro atoms. The number of rotatable bonds is 1. The molecule has 0 aromatic carbocycles. The molecule has 1 N–H and O–H groups in total. The Morgan fingerprint density at radius 1 is 1.44 bits per heavy atom. The van der Waals surface area contributed by atoms with Gasteiger partial charge in [-0.2, -0.15) is 0 Å². The molecule has 0 amide bonds. The van der Waals surface area contributed by atoms with Crippen LogP contribution in [0.15, 0.2) is 0 Å². The molecule has 0 radical (unpaired) electrons. The zero-order chi connectivity index (χ0) is 6.69. The van der Waals surface area contributed by atoms with Gasteiger partial charge in [-0.25, -0.2) is 0 Å². The largest absolute Gasteiger partial charge is 0.389 e. The third-order valence-corrected chi connectivity index (χ3v) is 3.71. The van der Waals surface area contributed by atoms with Crippen LogP contribution in [0.2, 0.25) is 0 Å². The van der Waals surface area contributed by atoms with E-state index in [1.54, 1.807) is 28.7 Å². The molecule has 2 nitrogen and oxygen atoms in total. The first-order valence-electron chi connectivity index (χ1n) is 2.80. The van der Waals surface area contributed by atoms with Crippen LogP contribution < -0.4 is 0 Å². The van der Waals surface area contributed by atoms with Crippen molar-refractivity contribution in [2.45, 2.75) is 12.2 Å². The first-order valence-corrected chi connectivity index (χ1v) is 5.28. The molecule has 0 aromatic rings. The van der Waals surface area contributed by atoms with Crippen molar-refractivity contribution in [1.82, 2.24) is 0 Å². The second-order valence-corrected chi connectivity index (χ2v) is 4.46. The average molecular weight is 166 g/mol. The summed E-state index contributed by atoms with van der Waals surface area (Å²) in [5.41, 5.74) is 0. The highest BCUT2D eigenvalue weighted by molar-refractivity contribution is 8.76. The Labute approximate surface area is 62.7 Å². The van der Waals surface area contributed by atoms with Crippen LogP contribution in [0.1, 0.15) is 0 Å². The molecule has 2 atom stereocenters. The molecule has 1 heterocycles. The standard InChI is InChI=1S/C5H10O2S2/c1-7-5-3-9-8-2-4(5)6/h4-6H,2-3H2,1H3/t4-,5-/m1/s1. The van der Waals surface area contributed by atoms with Crippen LogP contribution >= 0.6 is 21.6 Å². The lowest BCUT2D eigenvalue weighted by Crippen LogP contribution is -2.34. The number of aliphatic hydroxyl groups excluding tert-OH is 1. The molecule has 9 heavy (non-hydrogen) atoms. The molecule has 4 heteroatoms. The van der Waals surface area contributed by atoms with Crippen molar-refractivity contribution in [3.8, 4) is 0 Å². The fraction of sp³-hybridized carbons (Fsp3) is 1.00. The Balaban J connectivity index is 2.30. The Hall–Kier alpha value is 0.620. The third kappa shape index (κ3) is 2.04. The van der Waals surface area contributed by atoms with Gasteiger partial charge in [0.05, 0.1) is 12.2 Å². The number of ether oxygens (including phenoxy) is 1. The Morgan fingerprint density at radius 2 is 2.11 bits per heavy atom. The first-order chi connectivity index (χ1) is 4.34. The van der Waals surface area contributed by atoms with Gasteiger partial charge in [-0.15, -0.1) is 0 Å². The minimum absolute atomic E-state index is 0.0521. The SMILES string of the molecule is CO[C@@H]1CSSC[C@H]1O. The minimum Gasteiger partial charge on any atom is -0.389 e. The number of aliphatic hydroxyl groups is 1. The molecule has 1 fully saturated rings. The van der Waals surface area contributed by atoms with Gasteiger partial charge in [-0.3, -0.25) is 0 Å². The van der Waals surface area contributed by atoms with Gasteiger partial charge in [0.15, 0.2) is 0 Å². The molecular weight excluding hydrogens is 156 g/mol. The van der Waals surface area contributed by atoms with E-state index >= 15 is 0 Å². The molecular formula is C5H10O2S2. The van der Waals surface area contributed by atoms with E-state index in [0.717, 1.165) is 11.5 Å². The molecule has 54 valence electrons. The number of methoxy groups -OCH3 is 1. The molecule has 0 aromatic heterocycles. The predicted octanol–water partition coefficient (Wildman–Crippen LogP) is 0.757. The summed E-state index contributed by atoms with van der Waals surface area (Å²) >= 11 is 0. The van der Waals surface area contributed by atoms with E-state index in [2.05, 4.69) is 0 Å². The smallest absolute Gasteiger partial charge is 0.0937 e. The highest BCUT2D eigenvalue weighted by Crippen LogP contribution is 2.30. The minimum atomic E-state index is -0.263. The highest BCUT2D eigenvalue weighted by Gasteiger charge is 2.22. The monoisotopic (exact) mass is 166 g/mol. The van der Waals surface area contributed by atoms with Gasteiger partial charge >= 0.3 is 0 Å². The summed E-state index contributed by atoms with van der Waals surface area (Å²) in [6.45, 7) is 0. The zero-order valence-corrected chi connectivity index (χ0v) is 6.87. The number of hydrogen-bond acceptors (Lipinski definition) is 4. The topological polar surface area (TPSA) is 29.5 Å². The van der Waals surface area contributed by atoms with Crippen molar-refractivity contribution in [2.75, 3.05) is 18.6 Å². The zero-order valence-electron chi connectivity index (χ0n) is 5.24. The predicted molar refractivity (Wildman–Crippen MR) is 41.7 cm³/mol. The van der Waals surface area contributed by atoms with E-state index < -0.39 is 0 Å². The van der Waals surface area contributed by atoms with Crippen LogP contribution in [-0.4, -0.2) is 35.9 Å². The molecule has 1 rings (SSSR count). The summed E-state index contributed by atoms with van der Waals surface area (Å²) in [6.07, 6.45) is -0.211. The fourth-order valence-electron chi connectivity index (χ4n) is 0.677. The molecule has 1 aliphatic rings. The van der Waals surface area contributed by atoms with Gasteiger partial charge in [0, 0.05) is 18.6 Å². The van der Waals surface area contributed by atoms with E-state index in [1.807, 2.05) is 0 Å². The summed E-state index contributed by atoms with van der Waals surface area (Å²) in [7, 11) is 5.12. The summed E-state index contributed by atoms with van der Waals surface area (Å²) in [5, 5.41) is 9.21. The lowest BCUT2D eigenvalue weighted by Gasteiger charge is -2.24. The normalized spacial score (nSPS) is 36.7. The Bertz CT molecular complexity index is 89.0. The van der Waals surface area contributed by atoms with Crippen LogP contribution in [0.5, 0.6) is 0 Å². The number of hydrogen-bond donors (Lipinski definition) is 1. The quantitative estimate of drug-likeness (QED) is 0.582. The van der Waals surface area contributed by atoms with Crippen molar-refractivity contribution in [3.63, 3.8) is 0 Å². The molecule has 0 saturated carbocycles. The molecule has 1 aliphatic heterocycles. The fourth-order valence-corrected chi connectivity index (χ4v) is 3.11. The van der Waals surface area contributed by atoms with Crippen molar-refractivity contribution < 1.29 is 9.84 Å². The van der Waals surface area contributed by atoms with E-state index in [9.17, 15) is 5.11 Å². The van der Waals surface area contributed by atoms with Crippen molar-refractivity contribution in [2.24, 2.45) is 0 Å². The van der Waals surface area contributed by atoms with Gasteiger partial charge in [0.1, 0.15) is 0 Å². The summed E-state index contributed by atoms with van der Waals surface area (Å²) in [6, 6.07) is 0. The van der Waals surface area contributed by atoms with Crippen molar-refractivity contribution in [1.29, 1.82) is 0 Å². The van der Waals surface area contributed by atoms with Crippen molar-refractivity contribution in [3.05, 3.63) is 0 Å². The third-order valence-electron chi connectivity index (χ3n) is 1.29. The average Bonchev–Trinajstić information content (AvgIpc) is 1.89. The van der Waals surface area contributed by atoms with Crippen LogP contribution in [0, 0.1) is 0 Å². The van der Waals surface area contributed by atoms with Crippen LogP contribution in [0.4, 0.5) is 0 Å². The van der Waals surface area contributed by atoms with Gasteiger partial charge in [-0.05, 0) is 0 Å².